The average molecular weight is 721 g/mol. The smallest absolute Gasteiger partial charge is 0.469 e. The van der Waals surface area contributed by atoms with Gasteiger partial charge in [0.05, 0.1) is 23.2 Å². The number of rotatable bonds is 16. The van der Waals surface area contributed by atoms with Crippen LogP contribution < -0.4 is 25.0 Å². The van der Waals surface area contributed by atoms with Gasteiger partial charge in [0.15, 0.2) is 13.2 Å². The second-order valence-electron chi connectivity index (χ2n) is 9.49. The molecule has 47 heavy (non-hydrogen) atoms. The molecule has 19 heteroatoms. The Hall–Kier alpha value is -4.05. The summed E-state index contributed by atoms with van der Waals surface area (Å²) in [6, 6.07) is 10.2. The summed E-state index contributed by atoms with van der Waals surface area (Å²) < 4.78 is 59.0. The van der Waals surface area contributed by atoms with Gasteiger partial charge in [0.2, 0.25) is 0 Å². The minimum Gasteiger partial charge on any atom is -0.484 e. The number of aromatic nitrogens is 1. The van der Waals surface area contributed by atoms with Crippen molar-refractivity contribution in [1.82, 2.24) is 15.6 Å². The van der Waals surface area contributed by atoms with E-state index in [1.54, 1.807) is 0 Å². The number of nitrogens with one attached hydrogen (secondary N) is 2. The van der Waals surface area contributed by atoms with E-state index in [1.807, 2.05) is 0 Å². The average Bonchev–Trinajstić information content (AvgIpc) is 3.03. The first-order valence-electron chi connectivity index (χ1n) is 13.5. The molecule has 0 aliphatic carbocycles. The van der Waals surface area contributed by atoms with Gasteiger partial charge in [-0.15, -0.1) is 0 Å². The summed E-state index contributed by atoms with van der Waals surface area (Å²) >= 11 is 11.3. The van der Waals surface area contributed by atoms with Gasteiger partial charge in [-0.1, -0.05) is 29.3 Å². The Bertz CT molecular complexity index is 1620. The molecule has 254 valence electrons. The summed E-state index contributed by atoms with van der Waals surface area (Å²) in [5, 5.41) is 4.84. The van der Waals surface area contributed by atoms with Crippen LogP contribution >= 0.6 is 31.0 Å². The maximum absolute atomic E-state index is 13.7. The van der Waals surface area contributed by atoms with Gasteiger partial charge in [-0.25, -0.2) is 23.1 Å². The largest absolute Gasteiger partial charge is 0.484 e. The molecule has 0 bridgehead atoms. The fourth-order valence-electron chi connectivity index (χ4n) is 3.64. The fourth-order valence-corrected chi connectivity index (χ4v) is 4.19. The van der Waals surface area contributed by atoms with Crippen LogP contribution in [0.15, 0.2) is 54.7 Å². The molecule has 3 amide bonds. The molecular weight excluding hydrogens is 692 g/mol. The Morgan fingerprint density at radius 1 is 0.957 bits per heavy atom. The van der Waals surface area contributed by atoms with Crippen molar-refractivity contribution < 1.29 is 56.3 Å². The highest BCUT2D eigenvalue weighted by Crippen LogP contribution is 2.37. The lowest BCUT2D eigenvalue weighted by Crippen LogP contribution is -2.42. The predicted molar refractivity (Wildman–Crippen MR) is 164 cm³/mol. The number of hydrogen-bond donors (Lipinski definition) is 4. The first kappa shape index (κ1) is 37.4. The Labute approximate surface area is 277 Å². The summed E-state index contributed by atoms with van der Waals surface area (Å²) in [7, 11) is -3.54. The van der Waals surface area contributed by atoms with Gasteiger partial charge in [0, 0.05) is 43.9 Å². The van der Waals surface area contributed by atoms with Crippen molar-refractivity contribution in [1.29, 1.82) is 0 Å². The van der Waals surface area contributed by atoms with Crippen LogP contribution in [-0.4, -0.2) is 72.1 Å². The first-order valence-corrected chi connectivity index (χ1v) is 15.8. The number of halogens is 4. The Balaban J connectivity index is 1.61. The van der Waals surface area contributed by atoms with Crippen molar-refractivity contribution in [2.45, 2.75) is 19.1 Å². The summed E-state index contributed by atoms with van der Waals surface area (Å²) in [6.45, 7) is -1.85. The van der Waals surface area contributed by atoms with E-state index in [2.05, 4.69) is 20.1 Å². The molecule has 3 rings (SSSR count). The Morgan fingerprint density at radius 3 is 2.09 bits per heavy atom. The number of ether oxygens (including phenoxy) is 3. The molecule has 0 unspecified atom stereocenters. The van der Waals surface area contributed by atoms with E-state index in [-0.39, 0.29) is 52.4 Å². The van der Waals surface area contributed by atoms with E-state index in [0.717, 1.165) is 17.0 Å². The van der Waals surface area contributed by atoms with Gasteiger partial charge in [-0.05, 0) is 30.3 Å². The molecule has 0 aliphatic heterocycles. The topological polar surface area (TPSA) is 186 Å². The molecule has 0 fully saturated rings. The number of nitrogens with zero attached hydrogens (tertiary/aromatic N) is 2. The van der Waals surface area contributed by atoms with Crippen molar-refractivity contribution in [2.75, 3.05) is 38.3 Å². The Kier molecular flexibility index (Phi) is 14.1. The van der Waals surface area contributed by atoms with Gasteiger partial charge in [0.25, 0.3) is 11.8 Å². The van der Waals surface area contributed by atoms with Crippen LogP contribution in [-0.2, 0) is 30.0 Å². The molecule has 0 aliphatic rings. The standard InChI is InChI=1S/C28H29Cl2F2N4O10P/c1-36(27-17(3-2-9-34-27)14-45-47(40,41)42)28(39)46-20(13-35-26(38)16-44-19-5-7-22(30)24(32)12-19)8-10-33-25(37)15-43-18-4-6-21(29)23(31)11-18/h2-7,9,11-12,20H,8,10,13-16H2,1H3,(H,33,37)(H,35,38)(H2,40,41,42)/t20-/m0/s1. The molecule has 1 aromatic heterocycles. The van der Waals surface area contributed by atoms with Crippen molar-refractivity contribution in [3.63, 3.8) is 0 Å². The first-order chi connectivity index (χ1) is 22.2. The number of phosphoric acid groups is 1. The van der Waals surface area contributed by atoms with E-state index in [1.165, 1.54) is 49.6 Å². The van der Waals surface area contributed by atoms with Crippen LogP contribution in [0.2, 0.25) is 10.0 Å². The summed E-state index contributed by atoms with van der Waals surface area (Å²) in [5.41, 5.74) is 0.156. The van der Waals surface area contributed by atoms with Gasteiger partial charge < -0.3 is 34.6 Å². The summed E-state index contributed by atoms with van der Waals surface area (Å²) in [5.74, 6) is -2.60. The van der Waals surface area contributed by atoms with E-state index in [0.29, 0.717) is 0 Å². The second kappa shape index (κ2) is 17.8. The van der Waals surface area contributed by atoms with Crippen molar-refractivity contribution in [2.24, 2.45) is 0 Å². The highest BCUT2D eigenvalue weighted by Gasteiger charge is 2.24. The van der Waals surface area contributed by atoms with E-state index in [9.17, 15) is 27.7 Å². The molecular formula is C28H29Cl2F2N4O10P. The number of carbonyl (C=O) groups is 3. The van der Waals surface area contributed by atoms with Crippen LogP contribution in [0.4, 0.5) is 19.4 Å². The number of amides is 3. The molecule has 0 spiro atoms. The third-order valence-corrected chi connectivity index (χ3v) is 7.03. The number of hydrogen-bond acceptors (Lipinski definition) is 9. The molecule has 1 atom stereocenters. The number of pyridine rings is 1. The van der Waals surface area contributed by atoms with E-state index in [4.69, 9.17) is 47.2 Å². The molecule has 3 aromatic rings. The molecule has 4 N–H and O–H groups in total. The quantitative estimate of drug-likeness (QED) is 0.157. The summed E-state index contributed by atoms with van der Waals surface area (Å²) in [6.07, 6.45) is -0.680. The number of anilines is 1. The van der Waals surface area contributed by atoms with Crippen LogP contribution in [0.25, 0.3) is 0 Å². The zero-order valence-corrected chi connectivity index (χ0v) is 26.9. The maximum Gasteiger partial charge on any atom is 0.469 e. The zero-order valence-electron chi connectivity index (χ0n) is 24.5. The Morgan fingerprint density at radius 2 is 1.53 bits per heavy atom. The van der Waals surface area contributed by atoms with Crippen molar-refractivity contribution in [3.8, 4) is 11.5 Å². The van der Waals surface area contributed by atoms with Gasteiger partial charge in [-0.2, -0.15) is 0 Å². The number of phosphoric ester groups is 1. The molecule has 0 saturated carbocycles. The number of benzene rings is 2. The van der Waals surface area contributed by atoms with E-state index >= 15 is 0 Å². The number of carbonyl (C=O) groups excluding carboxylic acids is 3. The third-order valence-electron chi connectivity index (χ3n) is 5.95. The van der Waals surface area contributed by atoms with Crippen molar-refractivity contribution >= 4 is 54.8 Å². The molecule has 14 nitrogen and oxygen atoms in total. The molecule has 0 saturated heterocycles. The van der Waals surface area contributed by atoms with Gasteiger partial charge in [-0.3, -0.25) is 19.0 Å². The monoisotopic (exact) mass is 720 g/mol. The minimum atomic E-state index is -4.83. The fraction of sp³-hybridized carbons (Fsp3) is 0.286. The molecule has 2 aromatic carbocycles. The highest BCUT2D eigenvalue weighted by atomic mass is 35.5. The lowest BCUT2D eigenvalue weighted by Gasteiger charge is -2.24. The van der Waals surface area contributed by atoms with Crippen LogP contribution in [0.5, 0.6) is 11.5 Å². The minimum absolute atomic E-state index is 0.0131. The second-order valence-corrected chi connectivity index (χ2v) is 11.5. The lowest BCUT2D eigenvalue weighted by molar-refractivity contribution is -0.124. The van der Waals surface area contributed by atoms with Crippen LogP contribution in [0.1, 0.15) is 12.0 Å². The highest BCUT2D eigenvalue weighted by molar-refractivity contribution is 7.46. The summed E-state index contributed by atoms with van der Waals surface area (Å²) in [4.78, 5) is 60.9. The van der Waals surface area contributed by atoms with Crippen molar-refractivity contribution in [3.05, 3.63) is 82.0 Å². The van der Waals surface area contributed by atoms with Crippen LogP contribution in [0, 0.1) is 11.6 Å². The lowest BCUT2D eigenvalue weighted by atomic mass is 10.2. The maximum atomic E-state index is 13.7. The van der Waals surface area contributed by atoms with Gasteiger partial charge >= 0.3 is 13.9 Å². The molecule has 0 radical (unpaired) electrons. The molecule has 1 heterocycles. The predicted octanol–water partition coefficient (Wildman–Crippen LogP) is 4.00. The normalized spacial score (nSPS) is 11.7. The van der Waals surface area contributed by atoms with E-state index < -0.39 is 63.3 Å². The SMILES string of the molecule is CN(C(=O)O[C@@H](CCNC(=O)COc1ccc(Cl)c(F)c1)CNC(=O)COc1ccc(Cl)c(F)c1)c1ncccc1COP(=O)(O)O. The van der Waals surface area contributed by atoms with Crippen LogP contribution in [0.3, 0.4) is 0 Å². The van der Waals surface area contributed by atoms with Gasteiger partial charge in [0.1, 0.15) is 35.1 Å². The third kappa shape index (κ3) is 12.9. The zero-order chi connectivity index (χ0) is 34.6.